The molecule has 1 unspecified atom stereocenters. The Bertz CT molecular complexity index is 781. The Balaban J connectivity index is 1.45. The molecule has 156 valence electrons. The first-order valence-electron chi connectivity index (χ1n) is 10.2. The highest BCUT2D eigenvalue weighted by atomic mass is 32.2. The molecule has 0 bridgehead atoms. The van der Waals surface area contributed by atoms with Crippen molar-refractivity contribution in [1.82, 2.24) is 13.9 Å². The summed E-state index contributed by atoms with van der Waals surface area (Å²) in [6.45, 7) is 3.35. The Morgan fingerprint density at radius 2 is 2.00 bits per heavy atom. The summed E-state index contributed by atoms with van der Waals surface area (Å²) in [5.41, 5.74) is 2.72. The molecule has 1 saturated heterocycles. The zero-order chi connectivity index (χ0) is 20.1. The molecular formula is C20H32N4O3S. The number of piperidine rings is 1. The number of para-hydroxylation sites is 1. The Morgan fingerprint density at radius 1 is 1.21 bits per heavy atom. The molecule has 3 rings (SSSR count). The second-order valence-corrected chi connectivity index (χ2v) is 9.99. The number of anilines is 1. The van der Waals surface area contributed by atoms with Crippen molar-refractivity contribution in [2.24, 2.45) is 5.92 Å². The number of fused-ring (bicyclic) bond motifs is 1. The third-order valence-electron chi connectivity index (χ3n) is 5.65. The molecule has 8 heteroatoms. The van der Waals surface area contributed by atoms with Gasteiger partial charge < -0.3 is 10.2 Å². The van der Waals surface area contributed by atoms with E-state index >= 15 is 0 Å². The van der Waals surface area contributed by atoms with Crippen LogP contribution in [-0.2, 0) is 21.4 Å². The minimum absolute atomic E-state index is 0.0299. The summed E-state index contributed by atoms with van der Waals surface area (Å²) < 4.78 is 27.2. The number of benzene rings is 1. The summed E-state index contributed by atoms with van der Waals surface area (Å²) in [6, 6.07) is 8.54. The summed E-state index contributed by atoms with van der Waals surface area (Å²) in [6.07, 6.45) is 4.64. The van der Waals surface area contributed by atoms with Gasteiger partial charge in [0.1, 0.15) is 0 Å². The molecule has 1 fully saturated rings. The van der Waals surface area contributed by atoms with Crippen LogP contribution in [0, 0.1) is 5.92 Å². The van der Waals surface area contributed by atoms with Gasteiger partial charge >= 0.3 is 0 Å². The molecule has 7 nitrogen and oxygen atoms in total. The van der Waals surface area contributed by atoms with E-state index < -0.39 is 10.2 Å². The standard InChI is InChI=1S/C20H32N4O3S/c1-22(2)28(26,27)24-15-6-10-18(16-24)20(25)21-12-7-14-23-13-5-9-17-8-3-4-11-19(17)23/h3-4,8,11,18H,5-7,9-10,12-16H2,1-2H3,(H,21,25). The van der Waals surface area contributed by atoms with Crippen molar-refractivity contribution in [2.45, 2.75) is 32.1 Å². The third kappa shape index (κ3) is 4.85. The number of hydrogen-bond donors (Lipinski definition) is 1. The van der Waals surface area contributed by atoms with Crippen LogP contribution in [0.15, 0.2) is 24.3 Å². The monoisotopic (exact) mass is 408 g/mol. The molecule has 1 aromatic carbocycles. The van der Waals surface area contributed by atoms with E-state index in [1.807, 2.05) is 0 Å². The lowest BCUT2D eigenvalue weighted by molar-refractivity contribution is -0.126. The zero-order valence-electron chi connectivity index (χ0n) is 16.9. The van der Waals surface area contributed by atoms with Crippen LogP contribution in [0.3, 0.4) is 0 Å². The molecule has 0 radical (unpaired) electrons. The molecule has 1 amide bonds. The van der Waals surface area contributed by atoms with E-state index in [1.54, 1.807) is 0 Å². The van der Waals surface area contributed by atoms with E-state index in [0.717, 1.165) is 38.8 Å². The summed E-state index contributed by atoms with van der Waals surface area (Å²) in [7, 11) is -0.403. The molecule has 0 aliphatic carbocycles. The van der Waals surface area contributed by atoms with Gasteiger partial charge in [-0.15, -0.1) is 0 Å². The number of carbonyl (C=O) groups excluding carboxylic acids is 1. The van der Waals surface area contributed by atoms with Crippen LogP contribution < -0.4 is 10.2 Å². The molecule has 1 N–H and O–H groups in total. The van der Waals surface area contributed by atoms with Crippen molar-refractivity contribution in [2.75, 3.05) is 51.7 Å². The first-order valence-corrected chi connectivity index (χ1v) is 11.6. The van der Waals surface area contributed by atoms with E-state index in [-0.39, 0.29) is 18.4 Å². The smallest absolute Gasteiger partial charge is 0.281 e. The lowest BCUT2D eigenvalue weighted by atomic mass is 9.99. The number of hydrogen-bond acceptors (Lipinski definition) is 4. The maximum Gasteiger partial charge on any atom is 0.281 e. The van der Waals surface area contributed by atoms with Crippen molar-refractivity contribution in [3.63, 3.8) is 0 Å². The van der Waals surface area contributed by atoms with Crippen molar-refractivity contribution in [1.29, 1.82) is 0 Å². The van der Waals surface area contributed by atoms with E-state index in [4.69, 9.17) is 0 Å². The Morgan fingerprint density at radius 3 is 2.79 bits per heavy atom. The van der Waals surface area contributed by atoms with Gasteiger partial charge in [-0.05, 0) is 43.7 Å². The highest BCUT2D eigenvalue weighted by Gasteiger charge is 2.33. The minimum Gasteiger partial charge on any atom is -0.371 e. The van der Waals surface area contributed by atoms with Crippen LogP contribution in [0.5, 0.6) is 0 Å². The van der Waals surface area contributed by atoms with Crippen LogP contribution in [0.1, 0.15) is 31.2 Å². The van der Waals surface area contributed by atoms with Crippen LogP contribution in [0.25, 0.3) is 0 Å². The summed E-state index contributed by atoms with van der Waals surface area (Å²) in [5, 5.41) is 3.02. The maximum absolute atomic E-state index is 12.5. The van der Waals surface area contributed by atoms with Gasteiger partial charge in [-0.3, -0.25) is 4.79 Å². The van der Waals surface area contributed by atoms with Gasteiger partial charge in [0.2, 0.25) is 5.91 Å². The van der Waals surface area contributed by atoms with Gasteiger partial charge in [-0.25, -0.2) is 0 Å². The van der Waals surface area contributed by atoms with Crippen LogP contribution in [0.2, 0.25) is 0 Å². The van der Waals surface area contributed by atoms with E-state index in [0.29, 0.717) is 13.1 Å². The van der Waals surface area contributed by atoms with Gasteiger partial charge in [0.15, 0.2) is 0 Å². The van der Waals surface area contributed by atoms with Crippen LogP contribution >= 0.6 is 0 Å². The zero-order valence-corrected chi connectivity index (χ0v) is 17.7. The molecule has 28 heavy (non-hydrogen) atoms. The largest absolute Gasteiger partial charge is 0.371 e. The number of amides is 1. The van der Waals surface area contributed by atoms with E-state index in [9.17, 15) is 13.2 Å². The fourth-order valence-electron chi connectivity index (χ4n) is 4.07. The topological polar surface area (TPSA) is 73.0 Å². The average Bonchev–Trinajstić information content (AvgIpc) is 2.71. The lowest BCUT2D eigenvalue weighted by Crippen LogP contribution is -2.49. The van der Waals surface area contributed by atoms with Crippen molar-refractivity contribution < 1.29 is 13.2 Å². The second-order valence-electron chi connectivity index (χ2n) is 7.85. The first kappa shape index (κ1) is 21.1. The number of nitrogens with zero attached hydrogens (tertiary/aromatic N) is 3. The van der Waals surface area contributed by atoms with Gasteiger partial charge in [-0.2, -0.15) is 17.0 Å². The normalized spacial score (nSPS) is 20.8. The summed E-state index contributed by atoms with van der Waals surface area (Å²) in [5.74, 6) is -0.295. The number of carbonyl (C=O) groups is 1. The Hall–Kier alpha value is -1.64. The minimum atomic E-state index is -3.45. The van der Waals surface area contributed by atoms with E-state index in [2.05, 4.69) is 34.5 Å². The fraction of sp³-hybridized carbons (Fsp3) is 0.650. The number of nitrogens with one attached hydrogen (secondary N) is 1. The van der Waals surface area contributed by atoms with Crippen LogP contribution in [0.4, 0.5) is 5.69 Å². The first-order chi connectivity index (χ1) is 13.4. The highest BCUT2D eigenvalue weighted by molar-refractivity contribution is 7.86. The molecule has 2 aliphatic heterocycles. The predicted molar refractivity (Wildman–Crippen MR) is 112 cm³/mol. The molecule has 1 aromatic rings. The molecule has 0 saturated carbocycles. The van der Waals surface area contributed by atoms with Gasteiger partial charge in [0.25, 0.3) is 10.2 Å². The SMILES string of the molecule is CN(C)S(=O)(=O)N1CCCC(C(=O)NCCCN2CCCc3ccccc32)C1. The van der Waals surface area contributed by atoms with Gasteiger partial charge in [0, 0.05) is 52.5 Å². The summed E-state index contributed by atoms with van der Waals surface area (Å²) >= 11 is 0. The third-order valence-corrected chi connectivity index (χ3v) is 7.56. The van der Waals surface area contributed by atoms with Crippen molar-refractivity contribution in [3.8, 4) is 0 Å². The fourth-order valence-corrected chi connectivity index (χ4v) is 5.26. The van der Waals surface area contributed by atoms with Crippen molar-refractivity contribution in [3.05, 3.63) is 29.8 Å². The van der Waals surface area contributed by atoms with Crippen molar-refractivity contribution >= 4 is 21.8 Å². The van der Waals surface area contributed by atoms with Gasteiger partial charge in [0.05, 0.1) is 5.92 Å². The number of rotatable bonds is 7. The lowest BCUT2D eigenvalue weighted by Gasteiger charge is -2.33. The molecule has 2 heterocycles. The van der Waals surface area contributed by atoms with E-state index in [1.165, 1.54) is 40.4 Å². The molecule has 0 aromatic heterocycles. The Kier molecular flexibility index (Phi) is 6.95. The predicted octanol–water partition coefficient (Wildman–Crippen LogP) is 1.46. The molecule has 2 aliphatic rings. The molecule has 1 atom stereocenters. The maximum atomic E-state index is 12.5. The quantitative estimate of drug-likeness (QED) is 0.694. The molecule has 0 spiro atoms. The second kappa shape index (κ2) is 9.24. The highest BCUT2D eigenvalue weighted by Crippen LogP contribution is 2.26. The van der Waals surface area contributed by atoms with Crippen LogP contribution in [-0.4, -0.2) is 69.8 Å². The summed E-state index contributed by atoms with van der Waals surface area (Å²) in [4.78, 5) is 14.9. The van der Waals surface area contributed by atoms with Gasteiger partial charge in [-0.1, -0.05) is 18.2 Å². The number of aryl methyl sites for hydroxylation is 1. The average molecular weight is 409 g/mol. The molecular weight excluding hydrogens is 376 g/mol. The Labute approximate surface area is 168 Å².